The fourth-order valence-electron chi connectivity index (χ4n) is 1.94. The molecule has 1 fully saturated rings. The van der Waals surface area contributed by atoms with Crippen molar-refractivity contribution in [2.75, 3.05) is 18.5 Å². The zero-order valence-electron chi connectivity index (χ0n) is 8.50. The third kappa shape index (κ3) is 2.06. The lowest BCUT2D eigenvalue weighted by Crippen LogP contribution is -2.39. The molecule has 1 aromatic rings. The normalized spacial score (nSPS) is 21.0. The second kappa shape index (κ2) is 4.33. The molecule has 0 aliphatic carbocycles. The number of hydrogen-bond donors (Lipinski definition) is 1. The van der Waals surface area contributed by atoms with E-state index in [1.807, 2.05) is 7.05 Å². The summed E-state index contributed by atoms with van der Waals surface area (Å²) in [6.45, 7) is 0.925. The van der Waals surface area contributed by atoms with Crippen molar-refractivity contribution in [1.82, 2.24) is 10.3 Å². The van der Waals surface area contributed by atoms with Gasteiger partial charge in [-0.3, -0.25) is 0 Å². The van der Waals surface area contributed by atoms with Gasteiger partial charge in [0.2, 0.25) is 0 Å². The highest BCUT2D eigenvalue weighted by atomic mass is 35.5. The van der Waals surface area contributed by atoms with E-state index in [1.165, 1.54) is 6.07 Å². The Kier molecular flexibility index (Phi) is 3.07. The predicted octanol–water partition coefficient (Wildman–Crippen LogP) is 2.02. The van der Waals surface area contributed by atoms with Gasteiger partial charge in [-0.25, -0.2) is 9.37 Å². The summed E-state index contributed by atoms with van der Waals surface area (Å²) in [5.74, 6) is -0.462. The Morgan fingerprint density at radius 1 is 1.67 bits per heavy atom. The maximum absolute atomic E-state index is 13.2. The molecule has 1 aromatic heterocycles. The molecule has 2 heterocycles. The van der Waals surface area contributed by atoms with Gasteiger partial charge >= 0.3 is 0 Å². The molecule has 0 radical (unpaired) electrons. The van der Waals surface area contributed by atoms with Crippen LogP contribution in [0.4, 0.5) is 10.1 Å². The summed E-state index contributed by atoms with van der Waals surface area (Å²) in [6, 6.07) is 1.44. The van der Waals surface area contributed by atoms with Gasteiger partial charge < -0.3 is 10.2 Å². The van der Waals surface area contributed by atoms with Crippen molar-refractivity contribution in [3.8, 4) is 0 Å². The first kappa shape index (κ1) is 10.6. The van der Waals surface area contributed by atoms with Crippen LogP contribution in [0.3, 0.4) is 0 Å². The topological polar surface area (TPSA) is 28.2 Å². The van der Waals surface area contributed by atoms with E-state index in [4.69, 9.17) is 11.6 Å². The number of aromatic nitrogens is 1. The second-order valence-corrected chi connectivity index (χ2v) is 3.96. The fourth-order valence-corrected chi connectivity index (χ4v) is 2.05. The Morgan fingerprint density at radius 2 is 2.47 bits per heavy atom. The van der Waals surface area contributed by atoms with Gasteiger partial charge in [0.15, 0.2) is 11.0 Å². The Morgan fingerprint density at radius 3 is 3.13 bits per heavy atom. The van der Waals surface area contributed by atoms with Gasteiger partial charge in [0.25, 0.3) is 0 Å². The highest BCUT2D eigenvalue weighted by Gasteiger charge is 2.23. The molecule has 0 amide bonds. The smallest absolute Gasteiger partial charge is 0.164 e. The van der Waals surface area contributed by atoms with E-state index in [1.54, 1.807) is 6.20 Å². The molecule has 0 saturated carbocycles. The molecular weight excluding hydrogens is 217 g/mol. The molecule has 1 aliphatic rings. The third-order valence-corrected chi connectivity index (χ3v) is 2.98. The zero-order valence-corrected chi connectivity index (χ0v) is 9.26. The summed E-state index contributed by atoms with van der Waals surface area (Å²) in [6.07, 6.45) is 4.06. The number of halogens is 2. The predicted molar refractivity (Wildman–Crippen MR) is 58.6 cm³/mol. The van der Waals surface area contributed by atoms with Crippen molar-refractivity contribution in [2.24, 2.45) is 0 Å². The van der Waals surface area contributed by atoms with Gasteiger partial charge in [0.1, 0.15) is 0 Å². The average molecular weight is 230 g/mol. The molecule has 3 nitrogen and oxygen atoms in total. The van der Waals surface area contributed by atoms with Crippen molar-refractivity contribution in [3.05, 3.63) is 23.2 Å². The summed E-state index contributed by atoms with van der Waals surface area (Å²) >= 11 is 5.54. The SMILES string of the molecule is CNC1CCCN1c1cnc(Cl)c(F)c1. The lowest BCUT2D eigenvalue weighted by molar-refractivity contribution is 0.577. The summed E-state index contributed by atoms with van der Waals surface area (Å²) in [5, 5.41) is 3.12. The first-order valence-electron chi connectivity index (χ1n) is 4.97. The van der Waals surface area contributed by atoms with Crippen LogP contribution in [0.5, 0.6) is 0 Å². The highest BCUT2D eigenvalue weighted by Crippen LogP contribution is 2.25. The average Bonchev–Trinajstić information content (AvgIpc) is 2.70. The molecule has 1 N–H and O–H groups in total. The third-order valence-electron chi connectivity index (χ3n) is 2.70. The highest BCUT2D eigenvalue weighted by molar-refractivity contribution is 6.29. The van der Waals surface area contributed by atoms with Crippen molar-refractivity contribution >= 4 is 17.3 Å². The van der Waals surface area contributed by atoms with Crippen LogP contribution in [0, 0.1) is 5.82 Å². The number of anilines is 1. The number of hydrogen-bond acceptors (Lipinski definition) is 3. The van der Waals surface area contributed by atoms with Crippen LogP contribution in [0.25, 0.3) is 0 Å². The van der Waals surface area contributed by atoms with Crippen molar-refractivity contribution in [1.29, 1.82) is 0 Å². The van der Waals surface area contributed by atoms with E-state index in [0.29, 0.717) is 0 Å². The fraction of sp³-hybridized carbons (Fsp3) is 0.500. The number of pyridine rings is 1. The number of nitrogens with one attached hydrogen (secondary N) is 1. The Bertz CT molecular complexity index is 359. The first-order chi connectivity index (χ1) is 7.22. The molecule has 1 atom stereocenters. The summed E-state index contributed by atoms with van der Waals surface area (Å²) in [4.78, 5) is 5.92. The molecule has 82 valence electrons. The molecule has 0 spiro atoms. The molecular formula is C10H13ClFN3. The van der Waals surface area contributed by atoms with Gasteiger partial charge in [-0.05, 0) is 19.9 Å². The Hall–Kier alpha value is -0.870. The lowest BCUT2D eigenvalue weighted by atomic mass is 10.3. The van der Waals surface area contributed by atoms with Crippen LogP contribution in [0.2, 0.25) is 5.15 Å². The van der Waals surface area contributed by atoms with Crippen LogP contribution >= 0.6 is 11.6 Å². The first-order valence-corrected chi connectivity index (χ1v) is 5.35. The summed E-state index contributed by atoms with van der Waals surface area (Å²) in [7, 11) is 1.91. The maximum atomic E-state index is 13.2. The van der Waals surface area contributed by atoms with Gasteiger partial charge in [-0.15, -0.1) is 0 Å². The van der Waals surface area contributed by atoms with Gasteiger partial charge in [-0.2, -0.15) is 0 Å². The quantitative estimate of drug-likeness (QED) is 0.787. The molecule has 5 heteroatoms. The summed E-state index contributed by atoms with van der Waals surface area (Å²) in [5.41, 5.74) is 0.786. The molecule has 0 aromatic carbocycles. The number of rotatable bonds is 2. The van der Waals surface area contributed by atoms with Crippen LogP contribution < -0.4 is 10.2 Å². The lowest BCUT2D eigenvalue weighted by Gasteiger charge is -2.25. The Labute approximate surface area is 93.2 Å². The summed E-state index contributed by atoms with van der Waals surface area (Å²) < 4.78 is 13.2. The van der Waals surface area contributed by atoms with Crippen LogP contribution in [-0.2, 0) is 0 Å². The van der Waals surface area contributed by atoms with E-state index < -0.39 is 5.82 Å². The van der Waals surface area contributed by atoms with Crippen molar-refractivity contribution in [3.63, 3.8) is 0 Å². The van der Waals surface area contributed by atoms with Crippen LogP contribution in [0.15, 0.2) is 12.3 Å². The van der Waals surface area contributed by atoms with E-state index in [2.05, 4.69) is 15.2 Å². The monoisotopic (exact) mass is 229 g/mol. The van der Waals surface area contributed by atoms with E-state index in [9.17, 15) is 4.39 Å². The zero-order chi connectivity index (χ0) is 10.8. The van der Waals surface area contributed by atoms with Crippen LogP contribution in [0.1, 0.15) is 12.8 Å². The minimum absolute atomic E-state index is 0.0704. The maximum Gasteiger partial charge on any atom is 0.164 e. The minimum atomic E-state index is -0.462. The van der Waals surface area contributed by atoms with Crippen LogP contribution in [-0.4, -0.2) is 24.7 Å². The molecule has 1 saturated heterocycles. The molecule has 2 rings (SSSR count). The standard InChI is InChI=1S/C10H13ClFN3/c1-13-9-3-2-4-15(9)7-5-8(12)10(11)14-6-7/h5-6,9,13H,2-4H2,1H3. The number of nitrogens with zero attached hydrogens (tertiary/aromatic N) is 2. The van der Waals surface area contributed by atoms with E-state index in [0.717, 1.165) is 25.1 Å². The largest absolute Gasteiger partial charge is 0.355 e. The van der Waals surface area contributed by atoms with Crippen molar-refractivity contribution < 1.29 is 4.39 Å². The Balaban J connectivity index is 2.25. The molecule has 0 bridgehead atoms. The van der Waals surface area contributed by atoms with Gasteiger partial charge in [0, 0.05) is 12.6 Å². The molecule has 15 heavy (non-hydrogen) atoms. The van der Waals surface area contributed by atoms with E-state index in [-0.39, 0.29) is 11.3 Å². The second-order valence-electron chi connectivity index (χ2n) is 3.61. The van der Waals surface area contributed by atoms with Gasteiger partial charge in [-0.1, -0.05) is 11.6 Å². The molecule has 1 aliphatic heterocycles. The van der Waals surface area contributed by atoms with E-state index >= 15 is 0 Å². The van der Waals surface area contributed by atoms with Gasteiger partial charge in [0.05, 0.1) is 18.1 Å². The van der Waals surface area contributed by atoms with Crippen molar-refractivity contribution in [2.45, 2.75) is 19.0 Å². The minimum Gasteiger partial charge on any atom is -0.355 e. The molecule has 1 unspecified atom stereocenters.